The number of phosphoric ester groups is 2. The van der Waals surface area contributed by atoms with Gasteiger partial charge in [-0.15, -0.1) is 0 Å². The van der Waals surface area contributed by atoms with E-state index in [0.29, 0.717) is 31.6 Å². The van der Waals surface area contributed by atoms with Gasteiger partial charge in [-0.25, -0.2) is 9.13 Å². The van der Waals surface area contributed by atoms with E-state index in [1.165, 1.54) is 225 Å². The second-order valence-corrected chi connectivity index (χ2v) is 33.0. The van der Waals surface area contributed by atoms with Crippen LogP contribution in [-0.2, 0) is 65.4 Å². The number of carbonyl (C=O) groups is 4. The zero-order chi connectivity index (χ0) is 73.7. The molecule has 0 spiro atoms. The number of rotatable bonds is 79. The Kier molecular flexibility index (Phi) is 69.9. The van der Waals surface area contributed by atoms with Crippen molar-refractivity contribution in [3.8, 4) is 0 Å². The van der Waals surface area contributed by atoms with E-state index in [1.807, 2.05) is 0 Å². The van der Waals surface area contributed by atoms with Crippen molar-refractivity contribution in [2.45, 2.75) is 439 Å². The van der Waals surface area contributed by atoms with Crippen LogP contribution in [0.4, 0.5) is 0 Å². The molecule has 3 N–H and O–H groups in total. The third-order valence-electron chi connectivity index (χ3n) is 19.6. The summed E-state index contributed by atoms with van der Waals surface area (Å²) in [6.07, 6.45) is 59.7. The van der Waals surface area contributed by atoms with Gasteiger partial charge in [0.05, 0.1) is 26.4 Å². The third kappa shape index (κ3) is 71.7. The summed E-state index contributed by atoms with van der Waals surface area (Å²) in [4.78, 5) is 73.0. The molecule has 0 aliphatic heterocycles. The van der Waals surface area contributed by atoms with Crippen LogP contribution in [0.1, 0.15) is 421 Å². The minimum Gasteiger partial charge on any atom is -0.462 e. The van der Waals surface area contributed by atoms with Crippen LogP contribution in [-0.4, -0.2) is 96.7 Å². The highest BCUT2D eigenvalue weighted by Crippen LogP contribution is 2.45. The third-order valence-corrected chi connectivity index (χ3v) is 21.5. The highest BCUT2D eigenvalue weighted by molar-refractivity contribution is 7.47. The van der Waals surface area contributed by atoms with Crippen molar-refractivity contribution in [2.75, 3.05) is 39.6 Å². The van der Waals surface area contributed by atoms with Crippen LogP contribution in [0, 0.1) is 17.8 Å². The molecule has 17 nitrogen and oxygen atoms in total. The molecule has 4 unspecified atom stereocenters. The van der Waals surface area contributed by atoms with Crippen LogP contribution in [0.3, 0.4) is 0 Å². The number of hydrogen-bond acceptors (Lipinski definition) is 15. The molecule has 0 amide bonds. The topological polar surface area (TPSA) is 237 Å². The largest absolute Gasteiger partial charge is 0.472 e. The van der Waals surface area contributed by atoms with Gasteiger partial charge in [0, 0.05) is 25.7 Å². The number of aliphatic hydroxyl groups excluding tert-OH is 1. The Morgan fingerprint density at radius 3 is 0.760 bits per heavy atom. The number of hydrogen-bond donors (Lipinski definition) is 3. The van der Waals surface area contributed by atoms with Crippen LogP contribution in [0.2, 0.25) is 0 Å². The fourth-order valence-electron chi connectivity index (χ4n) is 12.4. The summed E-state index contributed by atoms with van der Waals surface area (Å²) in [6.45, 7) is 11.9. The Morgan fingerprint density at radius 1 is 0.290 bits per heavy atom. The van der Waals surface area contributed by atoms with Crippen LogP contribution < -0.4 is 0 Å². The average molecular weight is 1470 g/mol. The van der Waals surface area contributed by atoms with E-state index in [4.69, 9.17) is 37.0 Å². The van der Waals surface area contributed by atoms with Gasteiger partial charge in [0.1, 0.15) is 19.3 Å². The summed E-state index contributed by atoms with van der Waals surface area (Å²) < 4.78 is 68.7. The Morgan fingerprint density at radius 2 is 0.510 bits per heavy atom. The lowest BCUT2D eigenvalue weighted by Gasteiger charge is -2.21. The van der Waals surface area contributed by atoms with Crippen molar-refractivity contribution >= 4 is 39.5 Å². The van der Waals surface area contributed by atoms with Gasteiger partial charge < -0.3 is 33.8 Å². The number of unbranched alkanes of at least 4 members (excludes halogenated alkanes) is 45. The maximum atomic E-state index is 13.1. The predicted molar refractivity (Wildman–Crippen MR) is 409 cm³/mol. The zero-order valence-electron chi connectivity index (χ0n) is 65.7. The summed E-state index contributed by atoms with van der Waals surface area (Å²) in [5, 5.41) is 10.6. The van der Waals surface area contributed by atoms with E-state index in [1.54, 1.807) is 0 Å². The van der Waals surface area contributed by atoms with E-state index < -0.39 is 97.5 Å². The molecule has 0 saturated carbocycles. The van der Waals surface area contributed by atoms with Gasteiger partial charge in [-0.05, 0) is 43.4 Å². The van der Waals surface area contributed by atoms with Gasteiger partial charge in [0.2, 0.25) is 0 Å². The van der Waals surface area contributed by atoms with Gasteiger partial charge in [-0.2, -0.15) is 0 Å². The molecule has 594 valence electrons. The Labute approximate surface area is 613 Å². The minimum atomic E-state index is -4.96. The normalized spacial score (nSPS) is 14.5. The van der Waals surface area contributed by atoms with Gasteiger partial charge in [-0.3, -0.25) is 37.3 Å². The highest BCUT2D eigenvalue weighted by atomic mass is 31.2. The molecule has 0 aliphatic carbocycles. The summed E-state index contributed by atoms with van der Waals surface area (Å²) in [7, 11) is -9.92. The highest BCUT2D eigenvalue weighted by Gasteiger charge is 2.30. The molecule has 0 aromatic carbocycles. The van der Waals surface area contributed by atoms with E-state index in [9.17, 15) is 43.2 Å². The van der Waals surface area contributed by atoms with E-state index >= 15 is 0 Å². The minimum absolute atomic E-state index is 0.105. The molecule has 0 bridgehead atoms. The maximum Gasteiger partial charge on any atom is 0.472 e. The molecule has 0 rings (SSSR count). The molecule has 100 heavy (non-hydrogen) atoms. The fourth-order valence-corrected chi connectivity index (χ4v) is 14.0. The second-order valence-electron chi connectivity index (χ2n) is 30.1. The number of esters is 4. The van der Waals surface area contributed by atoms with E-state index in [-0.39, 0.29) is 25.7 Å². The molecule has 0 aromatic rings. The van der Waals surface area contributed by atoms with E-state index in [2.05, 4.69) is 48.5 Å². The second kappa shape index (κ2) is 71.3. The maximum absolute atomic E-state index is 13.1. The lowest BCUT2D eigenvalue weighted by Crippen LogP contribution is -2.30. The van der Waals surface area contributed by atoms with Crippen LogP contribution >= 0.6 is 15.6 Å². The molecule has 0 saturated heterocycles. The first-order valence-electron chi connectivity index (χ1n) is 41.9. The predicted octanol–water partition coefficient (Wildman–Crippen LogP) is 24.1. The first-order valence-corrected chi connectivity index (χ1v) is 44.9. The smallest absolute Gasteiger partial charge is 0.462 e. The molecule has 0 aromatic heterocycles. The van der Waals surface area contributed by atoms with Crippen LogP contribution in [0.15, 0.2) is 0 Å². The van der Waals surface area contributed by atoms with Crippen molar-refractivity contribution in [1.82, 2.24) is 0 Å². The molecule has 0 heterocycles. The summed E-state index contributed by atoms with van der Waals surface area (Å²) in [5.74, 6) is 0.219. The average Bonchev–Trinajstić information content (AvgIpc) is 0.951. The van der Waals surface area contributed by atoms with Crippen molar-refractivity contribution in [2.24, 2.45) is 17.8 Å². The van der Waals surface area contributed by atoms with E-state index in [0.717, 1.165) is 108 Å². The summed E-state index contributed by atoms with van der Waals surface area (Å²) in [5.41, 5.74) is 0. The van der Waals surface area contributed by atoms with Gasteiger partial charge in [0.15, 0.2) is 12.2 Å². The number of aliphatic hydroxyl groups is 1. The monoisotopic (exact) mass is 1470 g/mol. The van der Waals surface area contributed by atoms with Crippen molar-refractivity contribution in [3.05, 3.63) is 0 Å². The molecule has 0 fully saturated rings. The molecule has 0 aliphatic rings. The first kappa shape index (κ1) is 98.1. The first-order chi connectivity index (χ1) is 48.3. The fraction of sp³-hybridized carbons (Fsp3) is 0.951. The quantitative estimate of drug-likeness (QED) is 0.0222. The van der Waals surface area contributed by atoms with Gasteiger partial charge in [-0.1, -0.05) is 370 Å². The molecule has 19 heteroatoms. The Hall–Kier alpha value is -1.94. The summed E-state index contributed by atoms with van der Waals surface area (Å²) >= 11 is 0. The van der Waals surface area contributed by atoms with Crippen LogP contribution in [0.5, 0.6) is 0 Å². The molecular formula is C81H158O17P2. The lowest BCUT2D eigenvalue weighted by atomic mass is 9.99. The zero-order valence-corrected chi connectivity index (χ0v) is 67.5. The van der Waals surface area contributed by atoms with Gasteiger partial charge >= 0.3 is 39.5 Å². The molecule has 0 radical (unpaired) electrons. The van der Waals surface area contributed by atoms with Crippen LogP contribution in [0.25, 0.3) is 0 Å². The standard InChI is InChI=1S/C81H158O17P2/c1-8-11-12-13-14-15-16-17-18-19-20-21-22-27-30-36-41-50-57-64-80(85)97-76(68-91-78(83)62-55-48-40-35-29-26-24-23-25-28-33-38-46-53-60-73(6)9-2)70-95-99(87,88)93-66-75(82)67-94-100(89,90)96-71-77(69-92-79(84)63-56-49-44-43-45-52-59-72(4)5)98-81(86)65-58-51-42-37-32-31-34-39-47-54-61-74(7)10-3/h72-77,82H,8-71H2,1-7H3,(H,87,88)(H,89,90)/t73?,74?,75-,76-,77-/m1/s1. The van der Waals surface area contributed by atoms with Crippen molar-refractivity contribution < 1.29 is 80.2 Å². The SMILES string of the molecule is CCCCCCCCCCCCCCCCCCCCCC(=O)O[C@H](COC(=O)CCCCCCCCCCCCCCCCC(C)CC)COP(=O)(O)OC[C@@H](O)COP(=O)(O)OC[C@@H](COC(=O)CCCCCCCCC(C)C)OC(=O)CCCCCCCCCCCCC(C)CC. The molecular weight excluding hydrogens is 1310 g/mol. The van der Waals surface area contributed by atoms with Crippen molar-refractivity contribution in [3.63, 3.8) is 0 Å². The number of carbonyl (C=O) groups excluding carboxylic acids is 4. The number of ether oxygens (including phenoxy) is 4. The molecule has 7 atom stereocenters. The number of phosphoric acid groups is 2. The lowest BCUT2D eigenvalue weighted by molar-refractivity contribution is -0.161. The van der Waals surface area contributed by atoms with Gasteiger partial charge in [0.25, 0.3) is 0 Å². The Bertz CT molecular complexity index is 1940. The Balaban J connectivity index is 5.23. The summed E-state index contributed by atoms with van der Waals surface area (Å²) in [6, 6.07) is 0. The van der Waals surface area contributed by atoms with Crippen molar-refractivity contribution in [1.29, 1.82) is 0 Å².